The minimum absolute atomic E-state index is 0.0371. The number of benzene rings is 1. The van der Waals surface area contributed by atoms with E-state index in [4.69, 9.17) is 4.74 Å². The Morgan fingerprint density at radius 3 is 2.03 bits per heavy atom. The molecule has 0 heterocycles. The molecule has 1 aromatic carbocycles. The lowest BCUT2D eigenvalue weighted by Crippen LogP contribution is -2.47. The van der Waals surface area contributed by atoms with Gasteiger partial charge in [-0.05, 0) is 41.7 Å². The molecule has 164 valence electrons. The fourth-order valence-corrected chi connectivity index (χ4v) is 2.97. The number of rotatable bonds is 8. The number of hydrogen-bond acceptors (Lipinski definition) is 4. The van der Waals surface area contributed by atoms with Gasteiger partial charge >= 0.3 is 6.03 Å². The number of carbonyl (C=O) groups excluding carboxylic acids is 2. The number of hydroxylamine groups is 2. The number of nitrogens with zero attached hydrogens (tertiary/aromatic N) is 2. The fourth-order valence-electron chi connectivity index (χ4n) is 2.97. The van der Waals surface area contributed by atoms with Crippen molar-refractivity contribution in [2.24, 2.45) is 0 Å². The van der Waals surface area contributed by atoms with Crippen molar-refractivity contribution in [3.63, 3.8) is 0 Å². The quantitative estimate of drug-likeness (QED) is 0.480. The van der Waals surface area contributed by atoms with Crippen molar-refractivity contribution >= 4 is 11.9 Å². The highest BCUT2D eigenvalue weighted by molar-refractivity contribution is 5.96. The monoisotopic (exact) mass is 406 g/mol. The molecule has 0 bridgehead atoms. The Balaban J connectivity index is 3.34. The molecule has 1 unspecified atom stereocenters. The molecule has 0 fully saturated rings. The highest BCUT2D eigenvalue weighted by atomic mass is 16.5. The smallest absolute Gasteiger partial charge is 0.349 e. The van der Waals surface area contributed by atoms with Crippen molar-refractivity contribution in [2.45, 2.75) is 84.7 Å². The van der Waals surface area contributed by atoms with Crippen molar-refractivity contribution in [3.8, 4) is 5.75 Å². The second-order valence-electron chi connectivity index (χ2n) is 8.90. The minimum Gasteiger partial charge on any atom is -0.480 e. The molecule has 6 nitrogen and oxygen atoms in total. The summed E-state index contributed by atoms with van der Waals surface area (Å²) in [6, 6.07) is 5.39. The van der Waals surface area contributed by atoms with E-state index in [0.29, 0.717) is 17.2 Å². The fraction of sp³-hybridized carbons (Fsp3) is 0.652. The van der Waals surface area contributed by atoms with Crippen molar-refractivity contribution < 1.29 is 19.5 Å². The van der Waals surface area contributed by atoms with Crippen LogP contribution in [0.15, 0.2) is 18.2 Å². The largest absolute Gasteiger partial charge is 0.480 e. The predicted molar refractivity (Wildman–Crippen MR) is 115 cm³/mol. The van der Waals surface area contributed by atoms with Crippen LogP contribution in [0.3, 0.4) is 0 Å². The number of likely N-dealkylation sites (N-methyl/N-ethyl adjacent to an activating group) is 1. The van der Waals surface area contributed by atoms with Crippen LogP contribution >= 0.6 is 0 Å². The number of amides is 3. The summed E-state index contributed by atoms with van der Waals surface area (Å²) in [6.07, 6.45) is 1.51. The van der Waals surface area contributed by atoms with Gasteiger partial charge in [-0.1, -0.05) is 60.6 Å². The molecule has 0 spiro atoms. The van der Waals surface area contributed by atoms with Crippen molar-refractivity contribution in [1.29, 1.82) is 0 Å². The van der Waals surface area contributed by atoms with Gasteiger partial charge in [0.05, 0.1) is 0 Å². The second kappa shape index (κ2) is 9.61. The molecule has 0 radical (unpaired) electrons. The molecule has 0 aliphatic carbocycles. The van der Waals surface area contributed by atoms with E-state index < -0.39 is 18.0 Å². The molecule has 1 aromatic rings. The van der Waals surface area contributed by atoms with Gasteiger partial charge in [0.1, 0.15) is 5.75 Å². The maximum absolute atomic E-state index is 12.8. The Morgan fingerprint density at radius 2 is 1.59 bits per heavy atom. The summed E-state index contributed by atoms with van der Waals surface area (Å²) in [6.45, 7) is 14.9. The first-order chi connectivity index (χ1) is 13.3. The average Bonchev–Trinajstić information content (AvgIpc) is 2.69. The summed E-state index contributed by atoms with van der Waals surface area (Å²) >= 11 is 0. The minimum atomic E-state index is -0.819. The van der Waals surface area contributed by atoms with Gasteiger partial charge in [0.2, 0.25) is 0 Å². The second-order valence-corrected chi connectivity index (χ2v) is 8.90. The molecular weight excluding hydrogens is 368 g/mol. The van der Waals surface area contributed by atoms with E-state index in [1.807, 2.05) is 13.0 Å². The van der Waals surface area contributed by atoms with E-state index in [9.17, 15) is 14.8 Å². The molecule has 29 heavy (non-hydrogen) atoms. The molecule has 1 rings (SSSR count). The Labute approximate surface area is 175 Å². The summed E-state index contributed by atoms with van der Waals surface area (Å²) < 4.78 is 6.15. The van der Waals surface area contributed by atoms with Crippen LogP contribution < -0.4 is 4.74 Å². The molecule has 0 saturated carbocycles. The molecule has 1 N–H and O–H groups in total. The van der Waals surface area contributed by atoms with Gasteiger partial charge in [0.25, 0.3) is 5.91 Å². The number of imide groups is 1. The topological polar surface area (TPSA) is 70.1 Å². The molecule has 0 saturated heterocycles. The number of carbonyl (C=O) groups is 2. The SMILES string of the molecule is CCC(Oc1ccc(C(C)(C)CC)cc1C(C)(C)CC)C(=O)N(C)C(=O)N(C)O. The summed E-state index contributed by atoms with van der Waals surface area (Å²) in [5.74, 6) is 0.169. The average molecular weight is 407 g/mol. The number of hydrogen-bond donors (Lipinski definition) is 1. The zero-order valence-electron chi connectivity index (χ0n) is 19.5. The molecule has 1 atom stereocenters. The summed E-state index contributed by atoms with van der Waals surface area (Å²) in [4.78, 5) is 25.6. The molecule has 6 heteroatoms. The zero-order chi connectivity index (χ0) is 22.6. The van der Waals surface area contributed by atoms with Crippen LogP contribution in [0, 0.1) is 0 Å². The van der Waals surface area contributed by atoms with Crippen LogP contribution in [0.4, 0.5) is 4.79 Å². The molecule has 0 aliphatic heterocycles. The summed E-state index contributed by atoms with van der Waals surface area (Å²) in [5, 5.41) is 9.73. The highest BCUT2D eigenvalue weighted by Crippen LogP contribution is 2.39. The summed E-state index contributed by atoms with van der Waals surface area (Å²) in [5.41, 5.74) is 2.19. The maximum Gasteiger partial charge on any atom is 0.349 e. The van der Waals surface area contributed by atoms with Gasteiger partial charge in [-0.3, -0.25) is 14.9 Å². The highest BCUT2D eigenvalue weighted by Gasteiger charge is 2.31. The third kappa shape index (κ3) is 5.72. The van der Waals surface area contributed by atoms with Crippen LogP contribution in [0.5, 0.6) is 5.75 Å². The van der Waals surface area contributed by atoms with Gasteiger partial charge in [-0.15, -0.1) is 0 Å². The van der Waals surface area contributed by atoms with Crippen LogP contribution in [-0.2, 0) is 15.6 Å². The normalized spacial score (nSPS) is 13.0. The van der Waals surface area contributed by atoms with E-state index in [-0.39, 0.29) is 10.8 Å². The van der Waals surface area contributed by atoms with Gasteiger partial charge in [0.15, 0.2) is 6.10 Å². The predicted octanol–water partition coefficient (Wildman–Crippen LogP) is 5.12. The first-order valence-electron chi connectivity index (χ1n) is 10.4. The Bertz CT molecular complexity index is 726. The lowest BCUT2D eigenvalue weighted by atomic mass is 9.76. The third-order valence-corrected chi connectivity index (χ3v) is 6.07. The first kappa shape index (κ1) is 25.0. The van der Waals surface area contributed by atoms with Gasteiger partial charge in [0, 0.05) is 19.7 Å². The van der Waals surface area contributed by atoms with E-state index in [1.165, 1.54) is 19.7 Å². The van der Waals surface area contributed by atoms with Crippen molar-refractivity contribution in [3.05, 3.63) is 29.3 Å². The molecule has 3 amide bonds. The third-order valence-electron chi connectivity index (χ3n) is 6.07. The van der Waals surface area contributed by atoms with Gasteiger partial charge in [-0.2, -0.15) is 0 Å². The Kier molecular flexibility index (Phi) is 8.27. The van der Waals surface area contributed by atoms with Crippen molar-refractivity contribution in [2.75, 3.05) is 14.1 Å². The van der Waals surface area contributed by atoms with Gasteiger partial charge < -0.3 is 4.74 Å². The molecule has 0 aromatic heterocycles. The van der Waals surface area contributed by atoms with Crippen LogP contribution in [0.2, 0.25) is 0 Å². The van der Waals surface area contributed by atoms with E-state index in [1.54, 1.807) is 0 Å². The zero-order valence-corrected chi connectivity index (χ0v) is 19.5. The Morgan fingerprint density at radius 1 is 1.03 bits per heavy atom. The van der Waals surface area contributed by atoms with E-state index in [0.717, 1.165) is 23.3 Å². The number of ether oxygens (including phenoxy) is 1. The lowest BCUT2D eigenvalue weighted by molar-refractivity contribution is -0.137. The lowest BCUT2D eigenvalue weighted by Gasteiger charge is -2.32. The molecular formula is C23H38N2O4. The first-order valence-corrected chi connectivity index (χ1v) is 10.4. The van der Waals surface area contributed by atoms with E-state index in [2.05, 4.69) is 53.7 Å². The maximum atomic E-state index is 12.8. The van der Waals surface area contributed by atoms with Crippen LogP contribution in [0.25, 0.3) is 0 Å². The standard InChI is InChI=1S/C23H38N2O4/c1-10-18(20(26)24(8)21(27)25(9)28)29-19-14-13-16(22(4,5)11-2)15-17(19)23(6,7)12-3/h13-15,18,28H,10-12H2,1-9H3. The van der Waals surface area contributed by atoms with Crippen molar-refractivity contribution in [1.82, 2.24) is 9.96 Å². The van der Waals surface area contributed by atoms with Gasteiger partial charge in [-0.25, -0.2) is 9.86 Å². The van der Waals surface area contributed by atoms with Crippen LogP contribution in [-0.4, -0.2) is 47.3 Å². The van der Waals surface area contributed by atoms with E-state index >= 15 is 0 Å². The molecule has 0 aliphatic rings. The number of urea groups is 1. The Hall–Kier alpha value is -2.08. The summed E-state index contributed by atoms with van der Waals surface area (Å²) in [7, 11) is 2.52. The van der Waals surface area contributed by atoms with Crippen LogP contribution in [0.1, 0.15) is 78.9 Å².